The fourth-order valence-electron chi connectivity index (χ4n) is 5.56. The topological polar surface area (TPSA) is 143 Å². The summed E-state index contributed by atoms with van der Waals surface area (Å²) in [5.41, 5.74) is 3.07. The van der Waals surface area contributed by atoms with Gasteiger partial charge in [0, 0.05) is 43.2 Å². The van der Waals surface area contributed by atoms with E-state index in [9.17, 15) is 22.8 Å². The van der Waals surface area contributed by atoms with E-state index in [4.69, 9.17) is 4.74 Å². The molecule has 44 heavy (non-hydrogen) atoms. The van der Waals surface area contributed by atoms with Crippen molar-refractivity contribution in [3.8, 4) is 0 Å². The van der Waals surface area contributed by atoms with Crippen LogP contribution in [-0.2, 0) is 32.5 Å². The zero-order chi connectivity index (χ0) is 31.6. The van der Waals surface area contributed by atoms with Crippen LogP contribution >= 0.6 is 10.0 Å². The fraction of sp³-hybridized carbons (Fsp3) is 0.467. The van der Waals surface area contributed by atoms with Crippen molar-refractivity contribution in [3.63, 3.8) is 0 Å². The van der Waals surface area contributed by atoms with Gasteiger partial charge in [-0.2, -0.15) is 9.19 Å². The second-order valence-corrected chi connectivity index (χ2v) is 18.7. The number of likely N-dealkylation sites (tertiary alicyclic amines) is 1. The predicted octanol–water partition coefficient (Wildman–Crippen LogP) is 3.21. The summed E-state index contributed by atoms with van der Waals surface area (Å²) < 4.78 is 32.0. The minimum absolute atomic E-state index is 0.00465. The van der Waals surface area contributed by atoms with Gasteiger partial charge < -0.3 is 25.2 Å². The van der Waals surface area contributed by atoms with Crippen molar-refractivity contribution in [2.24, 2.45) is 0 Å². The van der Waals surface area contributed by atoms with Gasteiger partial charge in [-0.15, -0.1) is 0 Å². The molecule has 0 bridgehead atoms. The Labute approximate surface area is 259 Å². The minimum atomic E-state index is -3.62. The van der Waals surface area contributed by atoms with Gasteiger partial charge in [-0.3, -0.25) is 0 Å². The van der Waals surface area contributed by atoms with Gasteiger partial charge in [-0.05, 0) is 66.7 Å². The van der Waals surface area contributed by atoms with E-state index in [1.807, 2.05) is 29.2 Å². The fourth-order valence-corrected chi connectivity index (χ4v) is 9.23. The third-order valence-corrected chi connectivity index (χ3v) is 11.3. The van der Waals surface area contributed by atoms with Gasteiger partial charge in [0.05, 0.1) is 24.6 Å². The number of piperidine rings is 1. The number of para-hydroxylation sites is 1. The Morgan fingerprint density at radius 3 is 2.52 bits per heavy atom. The van der Waals surface area contributed by atoms with E-state index in [0.717, 1.165) is 20.9 Å². The van der Waals surface area contributed by atoms with Crippen LogP contribution in [0.5, 0.6) is 0 Å². The molecule has 1 fully saturated rings. The third-order valence-electron chi connectivity index (χ3n) is 8.09. The zero-order valence-electron chi connectivity index (χ0n) is 25.5. The van der Waals surface area contributed by atoms with Gasteiger partial charge in [-0.1, -0.05) is 24.3 Å². The summed E-state index contributed by atoms with van der Waals surface area (Å²) in [4.78, 5) is 42.1. The van der Waals surface area contributed by atoms with Crippen LogP contribution in [0.15, 0.2) is 48.7 Å². The number of carbonyl (C=O) groups is 3. The molecule has 14 heteroatoms. The predicted molar refractivity (Wildman–Crippen MR) is 173 cm³/mol. The molecule has 2 N–H and O–H groups in total. The maximum atomic E-state index is 13.2. The zero-order valence-corrected chi connectivity index (χ0v) is 27.1. The largest absolute Gasteiger partial charge is 0.467 e. The normalized spacial score (nSPS) is 17.1. The number of benzene rings is 2. The molecule has 0 aliphatic carbocycles. The summed E-state index contributed by atoms with van der Waals surface area (Å²) >= 11 is 0. The quantitative estimate of drug-likeness (QED) is 0.341. The van der Waals surface area contributed by atoms with Crippen molar-refractivity contribution >= 4 is 54.7 Å². The highest BCUT2D eigenvalue weighted by Gasteiger charge is 2.34. The van der Waals surface area contributed by atoms with Crippen LogP contribution in [0, 0.1) is 0 Å². The summed E-state index contributed by atoms with van der Waals surface area (Å²) in [5.74, 6) is 0.00620. The molecule has 5 rings (SSSR count). The molecule has 2 aliphatic heterocycles. The van der Waals surface area contributed by atoms with Crippen molar-refractivity contribution < 1.29 is 27.5 Å². The maximum absolute atomic E-state index is 13.2. The van der Waals surface area contributed by atoms with Crippen molar-refractivity contribution in [2.45, 2.75) is 37.9 Å². The average Bonchev–Trinajstić information content (AvgIpc) is 3.43. The van der Waals surface area contributed by atoms with Crippen LogP contribution in [0.4, 0.5) is 15.3 Å². The summed E-state index contributed by atoms with van der Waals surface area (Å²) in [6.07, 6.45) is 9.11. The van der Waals surface area contributed by atoms with Crippen molar-refractivity contribution in [1.29, 1.82) is 0 Å². The number of amides is 4. The molecule has 1 atom stereocenters. The number of esters is 1. The van der Waals surface area contributed by atoms with E-state index >= 15 is 0 Å². The molecule has 0 unspecified atom stereocenters. The first kappa shape index (κ1) is 31.6. The number of fused-ring (bicyclic) bond motifs is 2. The van der Waals surface area contributed by atoms with Crippen LogP contribution in [0.2, 0.25) is 0 Å². The summed E-state index contributed by atoms with van der Waals surface area (Å²) in [7, 11) is -3.34. The van der Waals surface area contributed by atoms with E-state index in [2.05, 4.69) is 34.5 Å². The minimum Gasteiger partial charge on any atom is -0.467 e. The molecule has 3 heterocycles. The monoisotopic (exact) mass is 644 g/mol. The number of hydrogen-bond donors (Lipinski definition) is 2. The van der Waals surface area contributed by atoms with E-state index in [1.54, 1.807) is 23.1 Å². The standard InChI is InChI=1S/C30H40N6O6S2/c1-42-28(37)26(18-21-9-10-27-23(17-21)19-31-36(27)44(40,41)16-15-43(2,3)4)33-29(38)34-13-11-24(12-14-34)35-20-22-7-5-6-8-25(22)32-30(35)39/h5-10,17,19,24,26H,11-16,18,20H2,1-4H3,(H,32,39)(H,33,38)/t26-/m1/s1. The number of hydrogen-bond acceptors (Lipinski definition) is 7. The SMILES string of the molecule is COC(=O)[C@@H](Cc1ccc2c(cnn2S(=O)(=O)CCS(C)(C)C)c1)NC(=O)N1CCC(N2Cc3ccccc3NC2=O)CC1. The number of urea groups is 2. The molecule has 238 valence electrons. The Bertz CT molecular complexity index is 1660. The van der Waals surface area contributed by atoms with Crippen molar-refractivity contribution in [3.05, 3.63) is 59.8 Å². The number of ether oxygens (including phenoxy) is 1. The Balaban J connectivity index is 1.21. The summed E-state index contributed by atoms with van der Waals surface area (Å²) in [6, 6.07) is 11.5. The lowest BCUT2D eigenvalue weighted by Gasteiger charge is -2.40. The first-order chi connectivity index (χ1) is 20.8. The highest BCUT2D eigenvalue weighted by molar-refractivity contribution is 8.32. The first-order valence-electron chi connectivity index (χ1n) is 14.5. The summed E-state index contributed by atoms with van der Waals surface area (Å²) in [6.45, 7) is 1.40. The van der Waals surface area contributed by atoms with E-state index in [-0.39, 0.29) is 30.3 Å². The second kappa shape index (κ2) is 12.7. The summed E-state index contributed by atoms with van der Waals surface area (Å²) in [5, 5.41) is 10.5. The molecule has 0 radical (unpaired) electrons. The van der Waals surface area contributed by atoms with Crippen LogP contribution in [-0.4, -0.2) is 108 Å². The van der Waals surface area contributed by atoms with Gasteiger partial charge in [0.1, 0.15) is 6.04 Å². The lowest BCUT2D eigenvalue weighted by atomic mass is 10.0. The first-order valence-corrected chi connectivity index (χ1v) is 19.1. The van der Waals surface area contributed by atoms with Gasteiger partial charge in [0.25, 0.3) is 10.0 Å². The maximum Gasteiger partial charge on any atom is 0.328 e. The molecule has 3 aromatic rings. The molecular weight excluding hydrogens is 605 g/mol. The number of nitrogens with one attached hydrogen (secondary N) is 2. The highest BCUT2D eigenvalue weighted by atomic mass is 32.3. The number of aromatic nitrogens is 2. The van der Waals surface area contributed by atoms with Crippen molar-refractivity contribution in [2.75, 3.05) is 55.8 Å². The van der Waals surface area contributed by atoms with Gasteiger partial charge in [0.15, 0.2) is 0 Å². The Morgan fingerprint density at radius 2 is 1.82 bits per heavy atom. The average molecular weight is 645 g/mol. The number of nitrogens with zero attached hydrogens (tertiary/aromatic N) is 4. The number of rotatable bonds is 9. The third kappa shape index (κ3) is 7.12. The number of methoxy groups -OCH3 is 1. The van der Waals surface area contributed by atoms with E-state index in [1.165, 1.54) is 13.3 Å². The molecule has 0 saturated carbocycles. The number of anilines is 1. The van der Waals surface area contributed by atoms with Gasteiger partial charge in [-0.25, -0.2) is 32.8 Å². The Kier molecular flexibility index (Phi) is 9.12. The van der Waals surface area contributed by atoms with Crippen LogP contribution < -0.4 is 10.6 Å². The lowest BCUT2D eigenvalue weighted by Crippen LogP contribution is -2.54. The van der Waals surface area contributed by atoms with Crippen LogP contribution in [0.1, 0.15) is 24.0 Å². The second-order valence-electron chi connectivity index (χ2n) is 12.2. The van der Waals surface area contributed by atoms with Crippen molar-refractivity contribution in [1.82, 2.24) is 24.3 Å². The van der Waals surface area contributed by atoms with Gasteiger partial charge >= 0.3 is 18.0 Å². The molecule has 2 aromatic carbocycles. The van der Waals surface area contributed by atoms with Crippen LogP contribution in [0.3, 0.4) is 0 Å². The van der Waals surface area contributed by atoms with E-state index < -0.39 is 32.1 Å². The van der Waals surface area contributed by atoms with Gasteiger partial charge in [0.2, 0.25) is 0 Å². The molecule has 4 amide bonds. The van der Waals surface area contributed by atoms with Crippen LogP contribution in [0.25, 0.3) is 10.9 Å². The molecule has 0 spiro atoms. The Hall–Kier alpha value is -3.78. The molecule has 1 aromatic heterocycles. The highest BCUT2D eigenvalue weighted by Crippen LogP contribution is 2.34. The van der Waals surface area contributed by atoms with E-state index in [0.29, 0.717) is 49.1 Å². The lowest BCUT2D eigenvalue weighted by molar-refractivity contribution is -0.142. The molecule has 1 saturated heterocycles. The molecule has 12 nitrogen and oxygen atoms in total. The smallest absolute Gasteiger partial charge is 0.328 e. The number of carbonyl (C=O) groups excluding carboxylic acids is 3. The molecular formula is C30H40N6O6S2. The Morgan fingerprint density at radius 1 is 1.09 bits per heavy atom. The molecule has 2 aliphatic rings.